The van der Waals surface area contributed by atoms with Crippen molar-refractivity contribution < 1.29 is 4.39 Å². The summed E-state index contributed by atoms with van der Waals surface area (Å²) in [5.74, 6) is -0.318. The molecule has 0 bridgehead atoms. The zero-order chi connectivity index (χ0) is 13.6. The molecule has 1 heterocycles. The average molecular weight is 358 g/mol. The van der Waals surface area contributed by atoms with Crippen molar-refractivity contribution in [2.24, 2.45) is 0 Å². The van der Waals surface area contributed by atoms with E-state index in [-0.39, 0.29) is 5.82 Å². The lowest BCUT2D eigenvalue weighted by atomic mass is 10.2. The Balaban J connectivity index is 2.42. The Morgan fingerprint density at radius 2 is 2.00 bits per heavy atom. The van der Waals surface area contributed by atoms with Gasteiger partial charge in [0, 0.05) is 10.5 Å². The molecule has 0 unspecified atom stereocenters. The molecule has 19 heavy (non-hydrogen) atoms. The third-order valence-electron chi connectivity index (χ3n) is 2.79. The first-order valence-corrected chi connectivity index (χ1v) is 7.00. The Morgan fingerprint density at radius 1 is 1.21 bits per heavy atom. The van der Waals surface area contributed by atoms with E-state index >= 15 is 0 Å². The van der Waals surface area contributed by atoms with Crippen LogP contribution in [0.1, 0.15) is 0 Å². The van der Waals surface area contributed by atoms with Gasteiger partial charge in [-0.2, -0.15) is 0 Å². The number of aromatic amines is 1. The number of hydrogen-bond acceptors (Lipinski definition) is 1. The van der Waals surface area contributed by atoms with Gasteiger partial charge in [0.25, 0.3) is 0 Å². The molecular formula is C13H7BrClFN2S. The lowest BCUT2D eigenvalue weighted by Crippen LogP contribution is -1.95. The first-order valence-electron chi connectivity index (χ1n) is 5.42. The van der Waals surface area contributed by atoms with Crippen LogP contribution < -0.4 is 0 Å². The minimum Gasteiger partial charge on any atom is -0.330 e. The van der Waals surface area contributed by atoms with E-state index in [1.54, 1.807) is 16.7 Å². The quantitative estimate of drug-likeness (QED) is 0.590. The van der Waals surface area contributed by atoms with Crippen LogP contribution in [0.4, 0.5) is 4.39 Å². The predicted octanol–water partition coefficient (Wildman–Crippen LogP) is 5.24. The van der Waals surface area contributed by atoms with Crippen LogP contribution in [-0.2, 0) is 0 Å². The number of benzene rings is 2. The molecule has 1 aromatic heterocycles. The highest BCUT2D eigenvalue weighted by Gasteiger charge is 2.11. The van der Waals surface area contributed by atoms with Gasteiger partial charge in [-0.15, -0.1) is 0 Å². The van der Waals surface area contributed by atoms with E-state index in [1.807, 2.05) is 12.1 Å². The smallest absolute Gasteiger partial charge is 0.182 e. The summed E-state index contributed by atoms with van der Waals surface area (Å²) in [6.07, 6.45) is 0. The summed E-state index contributed by atoms with van der Waals surface area (Å²) in [6.45, 7) is 0. The number of rotatable bonds is 1. The Kier molecular flexibility index (Phi) is 3.20. The molecule has 6 heteroatoms. The Labute approximate surface area is 127 Å². The molecular weight excluding hydrogens is 351 g/mol. The maximum atomic E-state index is 13.4. The van der Waals surface area contributed by atoms with Gasteiger partial charge in [-0.1, -0.05) is 27.5 Å². The van der Waals surface area contributed by atoms with Crippen LogP contribution in [0.3, 0.4) is 0 Å². The van der Waals surface area contributed by atoms with Crippen molar-refractivity contribution in [2.75, 3.05) is 0 Å². The minimum atomic E-state index is -0.318. The first kappa shape index (κ1) is 12.8. The molecule has 0 amide bonds. The van der Waals surface area contributed by atoms with E-state index in [0.717, 1.165) is 9.99 Å². The molecule has 1 N–H and O–H groups in total. The van der Waals surface area contributed by atoms with Crippen LogP contribution in [0.25, 0.3) is 16.7 Å². The maximum absolute atomic E-state index is 13.4. The first-order chi connectivity index (χ1) is 9.06. The molecule has 2 aromatic carbocycles. The van der Waals surface area contributed by atoms with Crippen LogP contribution in [0.15, 0.2) is 40.9 Å². The van der Waals surface area contributed by atoms with E-state index in [4.69, 9.17) is 23.8 Å². The highest BCUT2D eigenvalue weighted by atomic mass is 79.9. The third kappa shape index (κ3) is 2.22. The van der Waals surface area contributed by atoms with Crippen molar-refractivity contribution in [3.8, 4) is 5.69 Å². The normalized spacial score (nSPS) is 11.1. The van der Waals surface area contributed by atoms with Gasteiger partial charge in [0.1, 0.15) is 5.82 Å². The topological polar surface area (TPSA) is 20.7 Å². The fraction of sp³-hybridized carbons (Fsp3) is 0. The molecule has 0 spiro atoms. The molecule has 0 saturated carbocycles. The second-order valence-electron chi connectivity index (χ2n) is 4.02. The summed E-state index contributed by atoms with van der Waals surface area (Å²) in [4.78, 5) is 3.04. The minimum absolute atomic E-state index is 0.318. The average Bonchev–Trinajstić information content (AvgIpc) is 2.68. The number of fused-ring (bicyclic) bond motifs is 1. The number of H-pyrrole nitrogens is 1. The van der Waals surface area contributed by atoms with E-state index in [0.29, 0.717) is 21.0 Å². The van der Waals surface area contributed by atoms with Crippen molar-refractivity contribution in [2.45, 2.75) is 0 Å². The highest BCUT2D eigenvalue weighted by molar-refractivity contribution is 9.10. The van der Waals surface area contributed by atoms with Crippen LogP contribution in [0.2, 0.25) is 5.02 Å². The van der Waals surface area contributed by atoms with Crippen LogP contribution in [-0.4, -0.2) is 9.55 Å². The highest BCUT2D eigenvalue weighted by Crippen LogP contribution is 2.28. The lowest BCUT2D eigenvalue weighted by molar-refractivity contribution is 0.629. The largest absolute Gasteiger partial charge is 0.330 e. The van der Waals surface area contributed by atoms with Gasteiger partial charge in [0.05, 0.1) is 21.7 Å². The molecule has 0 aliphatic rings. The van der Waals surface area contributed by atoms with Gasteiger partial charge >= 0.3 is 0 Å². The molecule has 3 aromatic rings. The Hall–Kier alpha value is -1.17. The number of hydrogen-bond donors (Lipinski definition) is 1. The van der Waals surface area contributed by atoms with E-state index in [9.17, 15) is 4.39 Å². The molecule has 0 fully saturated rings. The van der Waals surface area contributed by atoms with Crippen LogP contribution in [0, 0.1) is 10.6 Å². The predicted molar refractivity (Wildman–Crippen MR) is 81.1 cm³/mol. The van der Waals surface area contributed by atoms with Crippen molar-refractivity contribution >= 4 is 50.8 Å². The summed E-state index contributed by atoms with van der Waals surface area (Å²) in [5, 5.41) is 0.546. The molecule has 0 radical (unpaired) electrons. The molecule has 2 nitrogen and oxygen atoms in total. The summed E-state index contributed by atoms with van der Waals surface area (Å²) in [7, 11) is 0. The summed E-state index contributed by atoms with van der Waals surface area (Å²) in [6, 6.07) is 9.92. The second-order valence-corrected chi connectivity index (χ2v) is 5.73. The molecule has 0 aliphatic heterocycles. The van der Waals surface area contributed by atoms with Gasteiger partial charge in [-0.25, -0.2) is 4.39 Å². The number of imidazole rings is 1. The van der Waals surface area contributed by atoms with E-state index in [2.05, 4.69) is 20.9 Å². The number of aromatic nitrogens is 2. The summed E-state index contributed by atoms with van der Waals surface area (Å²) < 4.78 is 16.5. The van der Waals surface area contributed by atoms with Gasteiger partial charge in [0.15, 0.2) is 4.77 Å². The summed E-state index contributed by atoms with van der Waals surface area (Å²) >= 11 is 14.9. The monoisotopic (exact) mass is 356 g/mol. The van der Waals surface area contributed by atoms with Gasteiger partial charge in [0.2, 0.25) is 0 Å². The fourth-order valence-corrected chi connectivity index (χ4v) is 2.83. The standard InChI is InChI=1S/C13H7BrClFN2S/c14-7-1-3-9(15)11(5-7)18-12-6-8(16)2-4-10(12)17-13(18)19/h1-6H,(H,17,19). The van der Waals surface area contributed by atoms with Gasteiger partial charge in [-0.05, 0) is 42.5 Å². The Morgan fingerprint density at radius 3 is 2.79 bits per heavy atom. The maximum Gasteiger partial charge on any atom is 0.182 e. The third-order valence-corrected chi connectivity index (χ3v) is 3.89. The van der Waals surface area contributed by atoms with Crippen LogP contribution in [0.5, 0.6) is 0 Å². The van der Waals surface area contributed by atoms with Gasteiger partial charge < -0.3 is 4.98 Å². The molecule has 0 saturated heterocycles. The van der Waals surface area contributed by atoms with Crippen molar-refractivity contribution in [3.63, 3.8) is 0 Å². The number of nitrogens with one attached hydrogen (secondary N) is 1. The SMILES string of the molecule is Fc1ccc2[nH]c(=S)n(-c3cc(Br)ccc3Cl)c2c1. The number of nitrogens with zero attached hydrogens (tertiary/aromatic N) is 1. The summed E-state index contributed by atoms with van der Waals surface area (Å²) in [5.41, 5.74) is 2.13. The Bertz CT molecular complexity index is 840. The zero-order valence-corrected chi connectivity index (χ0v) is 12.6. The van der Waals surface area contributed by atoms with Gasteiger partial charge in [-0.3, -0.25) is 4.57 Å². The molecule has 0 atom stereocenters. The van der Waals surface area contributed by atoms with Crippen molar-refractivity contribution in [1.82, 2.24) is 9.55 Å². The molecule has 96 valence electrons. The van der Waals surface area contributed by atoms with Crippen molar-refractivity contribution in [1.29, 1.82) is 0 Å². The molecule has 0 aliphatic carbocycles. The zero-order valence-electron chi connectivity index (χ0n) is 9.45. The van der Waals surface area contributed by atoms with Crippen molar-refractivity contribution in [3.05, 3.63) is 56.5 Å². The van der Waals surface area contributed by atoms with Crippen LogP contribution >= 0.6 is 39.7 Å². The van der Waals surface area contributed by atoms with E-state index < -0.39 is 0 Å². The number of halogens is 3. The second kappa shape index (κ2) is 4.74. The fourth-order valence-electron chi connectivity index (χ4n) is 1.97. The molecule has 3 rings (SSSR count). The lowest BCUT2D eigenvalue weighted by Gasteiger charge is -2.07. The van der Waals surface area contributed by atoms with E-state index in [1.165, 1.54) is 12.1 Å².